The van der Waals surface area contributed by atoms with Gasteiger partial charge >= 0.3 is 0 Å². The van der Waals surface area contributed by atoms with Crippen molar-refractivity contribution in [3.8, 4) is 11.5 Å². The zero-order valence-corrected chi connectivity index (χ0v) is 11.2. The van der Waals surface area contributed by atoms with Crippen LogP contribution in [0.3, 0.4) is 0 Å². The van der Waals surface area contributed by atoms with Crippen LogP contribution < -0.4 is 5.73 Å². The molecular formula is C16H15N3O. The number of nitrogens with two attached hydrogens (primary N) is 1. The Morgan fingerprint density at radius 1 is 1.05 bits per heavy atom. The zero-order valence-electron chi connectivity index (χ0n) is 11.2. The van der Waals surface area contributed by atoms with Crippen LogP contribution >= 0.6 is 0 Å². The highest BCUT2D eigenvalue weighted by molar-refractivity contribution is 5.73. The summed E-state index contributed by atoms with van der Waals surface area (Å²) < 4.78 is 5.34. The molecule has 4 nitrogen and oxygen atoms in total. The van der Waals surface area contributed by atoms with Crippen LogP contribution in [0.2, 0.25) is 0 Å². The van der Waals surface area contributed by atoms with Gasteiger partial charge in [0.15, 0.2) is 5.82 Å². The number of hydrogen-bond acceptors (Lipinski definition) is 4. The Hall–Kier alpha value is -2.62. The summed E-state index contributed by atoms with van der Waals surface area (Å²) in [7, 11) is 0. The fraction of sp³-hybridized carbons (Fsp3) is 0.125. The molecule has 0 radical (unpaired) electrons. The first-order chi connectivity index (χ1) is 9.74. The smallest absolute Gasteiger partial charge is 0.260 e. The van der Waals surface area contributed by atoms with E-state index < -0.39 is 0 Å². The topological polar surface area (TPSA) is 64.9 Å². The first-order valence-electron chi connectivity index (χ1n) is 6.46. The van der Waals surface area contributed by atoms with Crippen molar-refractivity contribution >= 4 is 5.69 Å². The van der Waals surface area contributed by atoms with Crippen molar-refractivity contribution in [1.29, 1.82) is 0 Å². The summed E-state index contributed by atoms with van der Waals surface area (Å²) in [6, 6.07) is 15.8. The van der Waals surface area contributed by atoms with Gasteiger partial charge in [-0.15, -0.1) is 0 Å². The summed E-state index contributed by atoms with van der Waals surface area (Å²) in [5.41, 5.74) is 9.64. The highest BCUT2D eigenvalue weighted by Crippen LogP contribution is 2.27. The van der Waals surface area contributed by atoms with Crippen LogP contribution in [0.4, 0.5) is 5.69 Å². The molecule has 20 heavy (non-hydrogen) atoms. The van der Waals surface area contributed by atoms with E-state index in [0.717, 1.165) is 16.7 Å². The third kappa shape index (κ3) is 2.40. The second-order valence-electron chi connectivity index (χ2n) is 4.72. The van der Waals surface area contributed by atoms with Crippen molar-refractivity contribution in [1.82, 2.24) is 10.1 Å². The zero-order chi connectivity index (χ0) is 13.9. The number of nitrogen functional groups attached to an aromatic ring is 1. The summed E-state index contributed by atoms with van der Waals surface area (Å²) in [5.74, 6) is 1.14. The van der Waals surface area contributed by atoms with Crippen LogP contribution in [0.25, 0.3) is 11.5 Å². The van der Waals surface area contributed by atoms with Crippen molar-refractivity contribution in [2.75, 3.05) is 5.73 Å². The molecule has 0 fully saturated rings. The van der Waals surface area contributed by atoms with Crippen molar-refractivity contribution in [3.05, 3.63) is 65.5 Å². The van der Waals surface area contributed by atoms with Gasteiger partial charge in [-0.1, -0.05) is 47.6 Å². The number of aryl methyl sites for hydroxylation is 1. The molecule has 0 aliphatic carbocycles. The molecule has 0 amide bonds. The molecule has 0 atom stereocenters. The quantitative estimate of drug-likeness (QED) is 0.738. The maximum atomic E-state index is 5.99. The minimum atomic E-state index is 0.478. The van der Waals surface area contributed by atoms with Gasteiger partial charge in [0, 0.05) is 12.1 Å². The monoisotopic (exact) mass is 265 g/mol. The summed E-state index contributed by atoms with van der Waals surface area (Å²) in [6.07, 6.45) is 0.649. The van der Waals surface area contributed by atoms with Crippen LogP contribution in [-0.4, -0.2) is 10.1 Å². The van der Waals surface area contributed by atoms with E-state index in [0.29, 0.717) is 23.8 Å². The Morgan fingerprint density at radius 3 is 2.60 bits per heavy atom. The van der Waals surface area contributed by atoms with Crippen molar-refractivity contribution in [3.63, 3.8) is 0 Å². The molecule has 2 aromatic carbocycles. The molecule has 1 aromatic heterocycles. The summed E-state index contributed by atoms with van der Waals surface area (Å²) in [5, 5.41) is 4.03. The fourth-order valence-electron chi connectivity index (χ4n) is 2.19. The standard InChI is InChI=1S/C16H15N3O/c1-11-6-5-9-13(17)15(11)16-18-14(19-20-16)10-12-7-3-2-4-8-12/h2-9H,10,17H2,1H3. The largest absolute Gasteiger partial charge is 0.398 e. The fourth-order valence-corrected chi connectivity index (χ4v) is 2.19. The Morgan fingerprint density at radius 2 is 1.85 bits per heavy atom. The van der Waals surface area contributed by atoms with Gasteiger partial charge in [-0.2, -0.15) is 4.98 Å². The molecule has 1 heterocycles. The lowest BCUT2D eigenvalue weighted by atomic mass is 10.1. The van der Waals surface area contributed by atoms with E-state index in [9.17, 15) is 0 Å². The van der Waals surface area contributed by atoms with Crippen molar-refractivity contribution in [2.24, 2.45) is 0 Å². The van der Waals surface area contributed by atoms with Crippen LogP contribution in [0, 0.1) is 6.92 Å². The molecule has 3 rings (SSSR count). The predicted octanol–water partition coefficient (Wildman–Crippen LogP) is 3.22. The average Bonchev–Trinajstić information content (AvgIpc) is 2.88. The molecule has 3 aromatic rings. The molecule has 0 saturated carbocycles. The Balaban J connectivity index is 1.91. The van der Waals surface area contributed by atoms with Crippen LogP contribution in [-0.2, 0) is 6.42 Å². The Labute approximate surface area is 117 Å². The van der Waals surface area contributed by atoms with Crippen molar-refractivity contribution in [2.45, 2.75) is 13.3 Å². The number of nitrogens with zero attached hydrogens (tertiary/aromatic N) is 2. The van der Waals surface area contributed by atoms with Crippen molar-refractivity contribution < 1.29 is 4.52 Å². The average molecular weight is 265 g/mol. The Kier molecular flexibility index (Phi) is 3.21. The molecule has 0 aliphatic heterocycles. The molecule has 100 valence electrons. The molecule has 0 unspecified atom stereocenters. The summed E-state index contributed by atoms with van der Waals surface area (Å²) >= 11 is 0. The van der Waals surface area contributed by atoms with E-state index in [1.807, 2.05) is 55.5 Å². The number of aromatic nitrogens is 2. The van der Waals surface area contributed by atoms with Gasteiger partial charge in [0.25, 0.3) is 5.89 Å². The minimum Gasteiger partial charge on any atom is -0.398 e. The number of hydrogen-bond donors (Lipinski definition) is 1. The van der Waals surface area contributed by atoms with E-state index in [1.165, 1.54) is 0 Å². The van der Waals surface area contributed by atoms with E-state index in [2.05, 4.69) is 10.1 Å². The van der Waals surface area contributed by atoms with Crippen LogP contribution in [0.1, 0.15) is 17.0 Å². The van der Waals surface area contributed by atoms with E-state index in [1.54, 1.807) is 0 Å². The molecule has 4 heteroatoms. The maximum Gasteiger partial charge on any atom is 0.260 e. The highest BCUT2D eigenvalue weighted by atomic mass is 16.5. The van der Waals surface area contributed by atoms with E-state index in [4.69, 9.17) is 10.3 Å². The minimum absolute atomic E-state index is 0.478. The van der Waals surface area contributed by atoms with Crippen LogP contribution in [0.5, 0.6) is 0 Å². The van der Waals surface area contributed by atoms with Gasteiger partial charge < -0.3 is 10.3 Å². The second kappa shape index (κ2) is 5.17. The number of rotatable bonds is 3. The lowest BCUT2D eigenvalue weighted by Crippen LogP contribution is -1.94. The Bertz CT molecular complexity index is 699. The third-order valence-electron chi connectivity index (χ3n) is 3.19. The number of benzene rings is 2. The first kappa shape index (κ1) is 12.4. The molecular weight excluding hydrogens is 250 g/mol. The molecule has 0 bridgehead atoms. The molecule has 0 aliphatic rings. The van der Waals surface area contributed by atoms with Crippen LogP contribution in [0.15, 0.2) is 53.1 Å². The van der Waals surface area contributed by atoms with Gasteiger partial charge in [-0.05, 0) is 24.1 Å². The molecule has 2 N–H and O–H groups in total. The highest BCUT2D eigenvalue weighted by Gasteiger charge is 2.14. The van der Waals surface area contributed by atoms with E-state index in [-0.39, 0.29) is 0 Å². The second-order valence-corrected chi connectivity index (χ2v) is 4.72. The lowest BCUT2D eigenvalue weighted by Gasteiger charge is -2.03. The SMILES string of the molecule is Cc1cccc(N)c1-c1nc(Cc2ccccc2)no1. The molecule has 0 saturated heterocycles. The maximum absolute atomic E-state index is 5.99. The molecule has 0 spiro atoms. The lowest BCUT2D eigenvalue weighted by molar-refractivity contribution is 0.424. The summed E-state index contributed by atoms with van der Waals surface area (Å²) in [6.45, 7) is 1.98. The van der Waals surface area contributed by atoms with E-state index >= 15 is 0 Å². The predicted molar refractivity (Wildman–Crippen MR) is 78.1 cm³/mol. The van der Waals surface area contributed by atoms with Gasteiger partial charge in [0.2, 0.25) is 0 Å². The first-order valence-corrected chi connectivity index (χ1v) is 6.46. The van der Waals surface area contributed by atoms with Gasteiger partial charge in [-0.25, -0.2) is 0 Å². The van der Waals surface area contributed by atoms with Gasteiger partial charge in [-0.3, -0.25) is 0 Å². The van der Waals surface area contributed by atoms with Gasteiger partial charge in [0.1, 0.15) is 0 Å². The van der Waals surface area contributed by atoms with Gasteiger partial charge in [0.05, 0.1) is 5.56 Å². The summed E-state index contributed by atoms with van der Waals surface area (Å²) in [4.78, 5) is 4.44. The number of anilines is 1. The third-order valence-corrected chi connectivity index (χ3v) is 3.19. The normalized spacial score (nSPS) is 10.7.